The Hall–Kier alpha value is -2.05. The third-order valence-corrected chi connectivity index (χ3v) is 3.86. The quantitative estimate of drug-likeness (QED) is 0.316. The van der Waals surface area contributed by atoms with Gasteiger partial charge in [0.15, 0.2) is 0 Å². The third-order valence-electron chi connectivity index (χ3n) is 3.86. The predicted molar refractivity (Wildman–Crippen MR) is 89.1 cm³/mol. The van der Waals surface area contributed by atoms with Crippen LogP contribution in [0.5, 0.6) is 0 Å². The highest BCUT2D eigenvalue weighted by molar-refractivity contribution is 5.89. The number of carbonyl (C=O) groups excluding carboxylic acids is 2. The minimum atomic E-state index is -2.86. The molecule has 0 spiro atoms. The van der Waals surface area contributed by atoms with E-state index < -0.39 is 36.9 Å². The van der Waals surface area contributed by atoms with Gasteiger partial charge in [-0.1, -0.05) is 19.0 Å². The van der Waals surface area contributed by atoms with Gasteiger partial charge in [0.05, 0.1) is 30.9 Å². The first kappa shape index (κ1) is 15.5. The summed E-state index contributed by atoms with van der Waals surface area (Å²) >= 11 is 0. The minimum Gasteiger partial charge on any atom is -0.463 e. The summed E-state index contributed by atoms with van der Waals surface area (Å²) in [5.41, 5.74) is 9.15. The van der Waals surface area contributed by atoms with Crippen LogP contribution in [0, 0.1) is 0 Å². The Kier molecular flexibility index (Phi) is 6.42. The topological polar surface area (TPSA) is 113 Å². The molecular weight excluding hydrogens is 312 g/mol. The molecule has 0 saturated carbocycles. The summed E-state index contributed by atoms with van der Waals surface area (Å²) < 4.78 is 32.8. The Morgan fingerprint density at radius 3 is 2.75 bits per heavy atom. The maximum atomic E-state index is 12.1. The second-order valence-electron chi connectivity index (χ2n) is 5.43. The zero-order valence-electron chi connectivity index (χ0n) is 17.2. The highest BCUT2D eigenvalue weighted by Gasteiger charge is 2.37. The molecule has 0 fully saturated rings. The molecule has 1 N–H and O–H groups in total. The standard InChI is InChI=1S/C16H26N4O4/c1-5-12(6-2)24-14-9-11(16(22)23-7-3)8-13(19-20-17)15(14)18-10(4)21/h9,12-15H,5-8H2,1-4H3,(H,18,21)/i4D3. The van der Waals surface area contributed by atoms with Crippen molar-refractivity contribution in [1.82, 2.24) is 5.32 Å². The number of azide groups is 1. The van der Waals surface area contributed by atoms with E-state index in [0.29, 0.717) is 12.8 Å². The summed E-state index contributed by atoms with van der Waals surface area (Å²) in [5, 5.41) is 6.06. The SMILES string of the molecule is [2H]C([2H])([2H])C(=O)NC1C(N=[N+]=[N-])CC(C(=O)OCC)=CC1OC(CC)CC. The number of amides is 1. The van der Waals surface area contributed by atoms with Crippen LogP contribution in [0.3, 0.4) is 0 Å². The van der Waals surface area contributed by atoms with E-state index in [0.717, 1.165) is 0 Å². The van der Waals surface area contributed by atoms with Crippen LogP contribution in [-0.4, -0.2) is 42.8 Å². The molecule has 0 aromatic carbocycles. The smallest absolute Gasteiger partial charge is 0.333 e. The number of hydrogen-bond acceptors (Lipinski definition) is 5. The molecule has 1 amide bonds. The fourth-order valence-electron chi connectivity index (χ4n) is 2.65. The Balaban J connectivity index is 3.26. The van der Waals surface area contributed by atoms with Crippen molar-refractivity contribution in [2.24, 2.45) is 5.11 Å². The van der Waals surface area contributed by atoms with Gasteiger partial charge in [-0.15, -0.1) is 0 Å². The van der Waals surface area contributed by atoms with E-state index in [9.17, 15) is 9.59 Å². The Bertz CT molecular complexity index is 613. The van der Waals surface area contributed by atoms with Crippen LogP contribution < -0.4 is 5.32 Å². The number of ether oxygens (including phenoxy) is 2. The average molecular weight is 341 g/mol. The summed E-state index contributed by atoms with van der Waals surface area (Å²) in [6.07, 6.45) is 1.89. The van der Waals surface area contributed by atoms with Gasteiger partial charge in [0, 0.05) is 21.4 Å². The monoisotopic (exact) mass is 341 g/mol. The molecule has 1 rings (SSSR count). The van der Waals surface area contributed by atoms with Gasteiger partial charge in [-0.3, -0.25) is 4.79 Å². The van der Waals surface area contributed by atoms with E-state index in [4.69, 9.17) is 19.1 Å². The lowest BCUT2D eigenvalue weighted by Crippen LogP contribution is -2.53. The first-order chi connectivity index (χ1) is 12.7. The van der Waals surface area contributed by atoms with E-state index in [-0.39, 0.29) is 24.7 Å². The number of hydrogen-bond donors (Lipinski definition) is 1. The van der Waals surface area contributed by atoms with E-state index in [1.54, 1.807) is 6.92 Å². The molecular formula is C16H26N4O4. The maximum Gasteiger partial charge on any atom is 0.333 e. The van der Waals surface area contributed by atoms with Gasteiger partial charge in [-0.05, 0) is 37.8 Å². The lowest BCUT2D eigenvalue weighted by atomic mass is 9.88. The van der Waals surface area contributed by atoms with Crippen LogP contribution in [0.4, 0.5) is 0 Å². The highest BCUT2D eigenvalue weighted by Crippen LogP contribution is 2.27. The third kappa shape index (κ3) is 5.54. The molecule has 0 heterocycles. The normalized spacial score (nSPS) is 25.6. The Labute approximate surface area is 146 Å². The number of nitrogens with one attached hydrogen (secondary N) is 1. The number of carbonyl (C=O) groups is 2. The van der Waals surface area contributed by atoms with Gasteiger partial charge in [0.25, 0.3) is 0 Å². The minimum absolute atomic E-state index is 0.0115. The second-order valence-corrected chi connectivity index (χ2v) is 5.43. The molecule has 0 aromatic rings. The Morgan fingerprint density at radius 2 is 2.21 bits per heavy atom. The fourth-order valence-corrected chi connectivity index (χ4v) is 2.65. The fraction of sp³-hybridized carbons (Fsp3) is 0.750. The van der Waals surface area contributed by atoms with Gasteiger partial charge in [-0.25, -0.2) is 4.79 Å². The van der Waals surface area contributed by atoms with Crippen LogP contribution >= 0.6 is 0 Å². The Morgan fingerprint density at radius 1 is 1.50 bits per heavy atom. The lowest BCUT2D eigenvalue weighted by Gasteiger charge is -2.36. The molecule has 0 bridgehead atoms. The van der Waals surface area contributed by atoms with Crippen molar-refractivity contribution in [1.29, 1.82) is 0 Å². The van der Waals surface area contributed by atoms with Gasteiger partial charge in [-0.2, -0.15) is 0 Å². The molecule has 0 radical (unpaired) electrons. The molecule has 1 aliphatic carbocycles. The molecule has 3 unspecified atom stereocenters. The van der Waals surface area contributed by atoms with Crippen molar-refractivity contribution in [3.05, 3.63) is 22.1 Å². The van der Waals surface area contributed by atoms with Gasteiger partial charge in [0.2, 0.25) is 5.91 Å². The summed E-state index contributed by atoms with van der Waals surface area (Å²) in [6, 6.07) is -1.79. The molecule has 24 heavy (non-hydrogen) atoms. The van der Waals surface area contributed by atoms with Crippen molar-refractivity contribution < 1.29 is 23.2 Å². The van der Waals surface area contributed by atoms with Crippen LogP contribution in [0.1, 0.15) is 51.0 Å². The molecule has 134 valence electrons. The molecule has 8 heteroatoms. The van der Waals surface area contributed by atoms with E-state index >= 15 is 0 Å². The van der Waals surface area contributed by atoms with Gasteiger partial charge < -0.3 is 14.8 Å². The number of rotatable bonds is 8. The number of nitrogens with zero attached hydrogens (tertiary/aromatic N) is 3. The van der Waals surface area contributed by atoms with Crippen LogP contribution in [-0.2, 0) is 19.1 Å². The van der Waals surface area contributed by atoms with Crippen molar-refractivity contribution >= 4 is 11.9 Å². The highest BCUT2D eigenvalue weighted by atomic mass is 16.5. The second kappa shape index (κ2) is 9.95. The van der Waals surface area contributed by atoms with Crippen LogP contribution in [0.15, 0.2) is 16.8 Å². The largest absolute Gasteiger partial charge is 0.463 e. The summed E-state index contributed by atoms with van der Waals surface area (Å²) in [7, 11) is 0. The summed E-state index contributed by atoms with van der Waals surface area (Å²) in [5.74, 6) is -1.73. The maximum absolute atomic E-state index is 12.1. The molecule has 0 aliphatic heterocycles. The molecule has 3 atom stereocenters. The van der Waals surface area contributed by atoms with E-state index in [1.165, 1.54) is 6.08 Å². The van der Waals surface area contributed by atoms with Crippen molar-refractivity contribution in [3.63, 3.8) is 0 Å². The molecule has 0 aromatic heterocycles. The summed E-state index contributed by atoms with van der Waals surface area (Å²) in [6.45, 7) is 2.84. The zero-order chi connectivity index (χ0) is 20.6. The van der Waals surface area contributed by atoms with E-state index in [1.807, 2.05) is 13.8 Å². The van der Waals surface area contributed by atoms with Crippen LogP contribution in [0.2, 0.25) is 0 Å². The van der Waals surface area contributed by atoms with Crippen molar-refractivity contribution in [2.45, 2.75) is 71.2 Å². The van der Waals surface area contributed by atoms with E-state index in [2.05, 4.69) is 15.3 Å². The number of esters is 1. The lowest BCUT2D eigenvalue weighted by molar-refractivity contribution is -0.139. The average Bonchev–Trinajstić information content (AvgIpc) is 2.61. The first-order valence-electron chi connectivity index (χ1n) is 9.56. The molecule has 1 aliphatic rings. The van der Waals surface area contributed by atoms with Crippen molar-refractivity contribution in [2.75, 3.05) is 6.61 Å². The van der Waals surface area contributed by atoms with Crippen LogP contribution in [0.25, 0.3) is 10.4 Å². The molecule has 0 saturated heterocycles. The summed E-state index contributed by atoms with van der Waals surface area (Å²) in [4.78, 5) is 26.9. The first-order valence-corrected chi connectivity index (χ1v) is 8.06. The van der Waals surface area contributed by atoms with Gasteiger partial charge in [0.1, 0.15) is 0 Å². The zero-order valence-corrected chi connectivity index (χ0v) is 14.2. The van der Waals surface area contributed by atoms with Crippen molar-refractivity contribution in [3.8, 4) is 0 Å². The predicted octanol–water partition coefficient (Wildman–Crippen LogP) is 2.64. The molecule has 8 nitrogen and oxygen atoms in total. The van der Waals surface area contributed by atoms with Gasteiger partial charge >= 0.3 is 5.97 Å².